The molecular formula is C12H15Br2NO2. The van der Waals surface area contributed by atoms with Crippen LogP contribution < -0.4 is 4.74 Å². The quantitative estimate of drug-likeness (QED) is 0.776. The van der Waals surface area contributed by atoms with E-state index in [1.807, 2.05) is 37.2 Å². The molecule has 5 heteroatoms. The van der Waals surface area contributed by atoms with Crippen LogP contribution in [0.5, 0.6) is 5.75 Å². The van der Waals surface area contributed by atoms with Gasteiger partial charge in [-0.15, -0.1) is 0 Å². The Morgan fingerprint density at radius 3 is 2.65 bits per heavy atom. The van der Waals surface area contributed by atoms with Gasteiger partial charge in [-0.3, -0.25) is 4.79 Å². The molecule has 0 bridgehead atoms. The number of Topliss-reactive ketones (excluding diaryl/α,β-unsaturated/α-hetero) is 1. The Morgan fingerprint density at radius 2 is 2.06 bits per heavy atom. The molecule has 0 heterocycles. The number of ether oxygens (including phenoxy) is 1. The summed E-state index contributed by atoms with van der Waals surface area (Å²) in [6.45, 7) is 0.873. The van der Waals surface area contributed by atoms with Crippen molar-refractivity contribution in [3.63, 3.8) is 0 Å². The van der Waals surface area contributed by atoms with E-state index in [0.29, 0.717) is 12.2 Å². The van der Waals surface area contributed by atoms with Crippen LogP contribution in [0, 0.1) is 0 Å². The maximum atomic E-state index is 11.5. The summed E-state index contributed by atoms with van der Waals surface area (Å²) in [5, 5.41) is 0. The molecule has 94 valence electrons. The second-order valence-corrected chi connectivity index (χ2v) is 5.73. The second kappa shape index (κ2) is 7.13. The Balaban J connectivity index is 2.42. The van der Waals surface area contributed by atoms with Crippen molar-refractivity contribution in [3.8, 4) is 5.75 Å². The van der Waals surface area contributed by atoms with Crippen molar-refractivity contribution in [2.24, 2.45) is 0 Å². The smallest absolute Gasteiger partial charge is 0.171 e. The first-order valence-corrected chi connectivity index (χ1v) is 6.82. The highest BCUT2D eigenvalue weighted by molar-refractivity contribution is 9.11. The van der Waals surface area contributed by atoms with Gasteiger partial charge in [-0.2, -0.15) is 0 Å². The zero-order valence-electron chi connectivity index (χ0n) is 9.87. The van der Waals surface area contributed by atoms with Gasteiger partial charge in [-0.05, 0) is 48.2 Å². The van der Waals surface area contributed by atoms with Gasteiger partial charge in [-0.1, -0.05) is 15.9 Å². The van der Waals surface area contributed by atoms with Crippen LogP contribution in [-0.2, 0) is 4.79 Å². The van der Waals surface area contributed by atoms with Crippen LogP contribution in [-0.4, -0.2) is 37.9 Å². The van der Waals surface area contributed by atoms with E-state index < -0.39 is 0 Å². The number of carbonyl (C=O) groups is 1. The van der Waals surface area contributed by atoms with Crippen LogP contribution in [0.4, 0.5) is 0 Å². The fraction of sp³-hybridized carbons (Fsp3) is 0.417. The second-order valence-electron chi connectivity index (χ2n) is 3.96. The molecule has 0 fully saturated rings. The number of halogens is 2. The number of benzene rings is 1. The topological polar surface area (TPSA) is 29.5 Å². The molecule has 17 heavy (non-hydrogen) atoms. The van der Waals surface area contributed by atoms with Crippen molar-refractivity contribution in [3.05, 3.63) is 27.1 Å². The molecule has 0 saturated heterocycles. The summed E-state index contributed by atoms with van der Waals surface area (Å²) >= 11 is 6.74. The Bertz CT molecular complexity index is 394. The Labute approximate surface area is 118 Å². The molecule has 1 rings (SSSR count). The summed E-state index contributed by atoms with van der Waals surface area (Å²) in [6, 6.07) is 5.59. The van der Waals surface area contributed by atoms with Crippen molar-refractivity contribution < 1.29 is 9.53 Å². The average Bonchev–Trinajstić information content (AvgIpc) is 2.25. The highest BCUT2D eigenvalue weighted by Crippen LogP contribution is 2.28. The maximum Gasteiger partial charge on any atom is 0.171 e. The van der Waals surface area contributed by atoms with Crippen LogP contribution in [0.1, 0.15) is 6.42 Å². The lowest BCUT2D eigenvalue weighted by Crippen LogP contribution is -2.20. The zero-order chi connectivity index (χ0) is 12.8. The normalized spacial score (nSPS) is 10.6. The summed E-state index contributed by atoms with van der Waals surface area (Å²) in [5.74, 6) is 0.792. The van der Waals surface area contributed by atoms with Crippen molar-refractivity contribution in [1.29, 1.82) is 0 Å². The fourth-order valence-electron chi connectivity index (χ4n) is 1.17. The molecule has 0 aliphatic rings. The molecule has 0 aromatic heterocycles. The van der Waals surface area contributed by atoms with Gasteiger partial charge < -0.3 is 9.64 Å². The van der Waals surface area contributed by atoms with E-state index in [-0.39, 0.29) is 12.4 Å². The molecule has 0 amide bonds. The SMILES string of the molecule is CN(C)CCC(=O)COc1ccc(Br)cc1Br. The molecule has 1 aromatic rings. The first-order valence-electron chi connectivity index (χ1n) is 5.23. The third kappa shape index (κ3) is 5.66. The lowest BCUT2D eigenvalue weighted by molar-refractivity contribution is -0.121. The van der Waals surface area contributed by atoms with Crippen LogP contribution in [0.2, 0.25) is 0 Å². The molecule has 3 nitrogen and oxygen atoms in total. The maximum absolute atomic E-state index is 11.5. The first kappa shape index (κ1) is 14.7. The van der Waals surface area contributed by atoms with Gasteiger partial charge >= 0.3 is 0 Å². The third-order valence-corrected chi connectivity index (χ3v) is 3.23. The van der Waals surface area contributed by atoms with Crippen LogP contribution in [0.15, 0.2) is 27.1 Å². The van der Waals surface area contributed by atoms with Gasteiger partial charge in [0.15, 0.2) is 5.78 Å². The fourth-order valence-corrected chi connectivity index (χ4v) is 2.33. The van der Waals surface area contributed by atoms with E-state index in [1.165, 1.54) is 0 Å². The predicted octanol–water partition coefficient (Wildman–Crippen LogP) is 3.11. The summed E-state index contributed by atoms with van der Waals surface area (Å²) in [4.78, 5) is 13.5. The molecule has 0 atom stereocenters. The molecule has 1 aromatic carbocycles. The molecule has 0 aliphatic carbocycles. The van der Waals surface area contributed by atoms with Crippen LogP contribution in [0.3, 0.4) is 0 Å². The van der Waals surface area contributed by atoms with Gasteiger partial charge in [0.05, 0.1) is 4.47 Å². The Hall–Kier alpha value is -0.390. The van der Waals surface area contributed by atoms with Crippen molar-refractivity contribution in [2.45, 2.75) is 6.42 Å². The minimum atomic E-state index is 0.105. The summed E-state index contributed by atoms with van der Waals surface area (Å²) in [7, 11) is 3.89. The van der Waals surface area contributed by atoms with E-state index in [1.54, 1.807) is 0 Å². The molecule has 0 aliphatic heterocycles. The van der Waals surface area contributed by atoms with Gasteiger partial charge in [0, 0.05) is 17.4 Å². The Kier molecular flexibility index (Phi) is 6.16. The average molecular weight is 365 g/mol. The van der Waals surface area contributed by atoms with E-state index in [0.717, 1.165) is 15.5 Å². The minimum absolute atomic E-state index is 0.105. The van der Waals surface area contributed by atoms with Crippen molar-refractivity contribution in [1.82, 2.24) is 4.90 Å². The molecule has 0 radical (unpaired) electrons. The number of rotatable bonds is 6. The van der Waals surface area contributed by atoms with Crippen molar-refractivity contribution in [2.75, 3.05) is 27.2 Å². The lowest BCUT2D eigenvalue weighted by Gasteiger charge is -2.10. The number of ketones is 1. The van der Waals surface area contributed by atoms with Crippen LogP contribution in [0.25, 0.3) is 0 Å². The lowest BCUT2D eigenvalue weighted by atomic mass is 10.3. The number of nitrogens with zero attached hydrogens (tertiary/aromatic N) is 1. The third-order valence-electron chi connectivity index (χ3n) is 2.12. The molecule has 0 N–H and O–H groups in total. The number of hydrogen-bond acceptors (Lipinski definition) is 3. The number of carbonyl (C=O) groups excluding carboxylic acids is 1. The molecular weight excluding hydrogens is 350 g/mol. The molecule has 0 saturated carbocycles. The molecule has 0 spiro atoms. The predicted molar refractivity (Wildman–Crippen MR) is 75.5 cm³/mol. The highest BCUT2D eigenvalue weighted by atomic mass is 79.9. The largest absolute Gasteiger partial charge is 0.485 e. The first-order chi connectivity index (χ1) is 7.99. The monoisotopic (exact) mass is 363 g/mol. The van der Waals surface area contributed by atoms with Crippen molar-refractivity contribution >= 4 is 37.6 Å². The van der Waals surface area contributed by atoms with E-state index in [2.05, 4.69) is 31.9 Å². The van der Waals surface area contributed by atoms with Gasteiger partial charge in [0.1, 0.15) is 12.4 Å². The highest BCUT2D eigenvalue weighted by Gasteiger charge is 2.06. The van der Waals surface area contributed by atoms with Gasteiger partial charge in [-0.25, -0.2) is 0 Å². The van der Waals surface area contributed by atoms with E-state index in [9.17, 15) is 4.79 Å². The number of hydrogen-bond donors (Lipinski definition) is 0. The summed E-state index contributed by atoms with van der Waals surface area (Å²) in [5.41, 5.74) is 0. The summed E-state index contributed by atoms with van der Waals surface area (Å²) < 4.78 is 7.26. The summed E-state index contributed by atoms with van der Waals surface area (Å²) in [6.07, 6.45) is 0.515. The minimum Gasteiger partial charge on any atom is -0.485 e. The van der Waals surface area contributed by atoms with E-state index in [4.69, 9.17) is 4.74 Å². The standard InChI is InChI=1S/C12H15Br2NO2/c1-15(2)6-5-10(16)8-17-12-4-3-9(13)7-11(12)14/h3-4,7H,5-6,8H2,1-2H3. The molecule has 0 unspecified atom stereocenters. The van der Waals surface area contributed by atoms with Gasteiger partial charge in [0.25, 0.3) is 0 Å². The zero-order valence-corrected chi connectivity index (χ0v) is 13.0. The van der Waals surface area contributed by atoms with Crippen LogP contribution >= 0.6 is 31.9 Å². The van der Waals surface area contributed by atoms with Gasteiger partial charge in [0.2, 0.25) is 0 Å². The Morgan fingerprint density at radius 1 is 1.35 bits per heavy atom. The van der Waals surface area contributed by atoms with E-state index >= 15 is 0 Å².